The number of anilines is 2. The fraction of sp³-hybridized carbons (Fsp3) is 0.100. The summed E-state index contributed by atoms with van der Waals surface area (Å²) >= 11 is 5.78. The molecular formula is C10H9ClN6O3. The number of nitrogens with two attached hydrogens (primary N) is 1. The molecule has 0 saturated carbocycles. The molecule has 0 bridgehead atoms. The van der Waals surface area contributed by atoms with Gasteiger partial charge in [-0.15, -0.1) is 5.10 Å². The fourth-order valence-corrected chi connectivity index (χ4v) is 1.73. The molecule has 0 saturated heterocycles. The highest BCUT2D eigenvalue weighted by atomic mass is 35.5. The molecule has 0 fully saturated rings. The molecule has 1 aromatic carbocycles. The summed E-state index contributed by atoms with van der Waals surface area (Å²) in [6.45, 7) is 1.60. The molecule has 104 valence electrons. The quantitative estimate of drug-likeness (QED) is 0.579. The summed E-state index contributed by atoms with van der Waals surface area (Å²) in [6, 6.07) is 2.57. The Bertz CT molecular complexity index is 698. The van der Waals surface area contributed by atoms with Crippen LogP contribution in [-0.2, 0) is 0 Å². The van der Waals surface area contributed by atoms with Crippen molar-refractivity contribution in [1.82, 2.24) is 15.2 Å². The third-order valence-corrected chi connectivity index (χ3v) is 2.76. The summed E-state index contributed by atoms with van der Waals surface area (Å²) in [5.74, 6) is -0.716. The molecule has 1 heterocycles. The highest BCUT2D eigenvalue weighted by molar-refractivity contribution is 6.33. The summed E-state index contributed by atoms with van der Waals surface area (Å²) in [5.41, 5.74) is 5.88. The first-order valence-corrected chi connectivity index (χ1v) is 5.70. The van der Waals surface area contributed by atoms with Gasteiger partial charge in [0.2, 0.25) is 11.8 Å². The minimum atomic E-state index is -0.599. The average molecular weight is 297 g/mol. The first kappa shape index (κ1) is 13.7. The van der Waals surface area contributed by atoms with Crippen molar-refractivity contribution >= 4 is 34.8 Å². The number of carbonyl (C=O) groups is 1. The number of H-pyrrole nitrogens is 1. The standard InChI is InChI=1S/C10H9ClN6O3/c1-4-2-7(17(19)20)5(11)3-6(4)13-9(18)8-14-10(12)16-15-8/h2-3H,1H3,(H,13,18)(H3,12,14,15,16). The zero-order chi connectivity index (χ0) is 14.9. The van der Waals surface area contributed by atoms with Crippen LogP contribution in [0.1, 0.15) is 16.2 Å². The van der Waals surface area contributed by atoms with Gasteiger partial charge in [0.05, 0.1) is 4.92 Å². The number of nitrogen functional groups attached to an aromatic ring is 1. The van der Waals surface area contributed by atoms with E-state index < -0.39 is 10.8 Å². The van der Waals surface area contributed by atoms with Crippen LogP contribution >= 0.6 is 11.6 Å². The number of nitro groups is 1. The summed E-state index contributed by atoms with van der Waals surface area (Å²) < 4.78 is 0. The molecule has 0 spiro atoms. The maximum Gasteiger partial charge on any atom is 0.293 e. The molecule has 2 rings (SSSR count). The Labute approximate surface area is 117 Å². The van der Waals surface area contributed by atoms with E-state index in [2.05, 4.69) is 20.5 Å². The van der Waals surface area contributed by atoms with E-state index in [0.717, 1.165) is 0 Å². The summed E-state index contributed by atoms with van der Waals surface area (Å²) in [6.07, 6.45) is 0. The minimum Gasteiger partial charge on any atom is -0.366 e. The topological polar surface area (TPSA) is 140 Å². The number of amides is 1. The van der Waals surface area contributed by atoms with E-state index in [-0.39, 0.29) is 22.5 Å². The van der Waals surface area contributed by atoms with Crippen molar-refractivity contribution in [3.05, 3.63) is 38.7 Å². The molecule has 1 aromatic heterocycles. The molecule has 4 N–H and O–H groups in total. The number of nitrogens with zero attached hydrogens (tertiary/aromatic N) is 3. The van der Waals surface area contributed by atoms with Crippen molar-refractivity contribution in [2.75, 3.05) is 11.1 Å². The second kappa shape index (κ2) is 5.13. The summed E-state index contributed by atoms with van der Waals surface area (Å²) in [5, 5.41) is 19.0. The second-order valence-electron chi connectivity index (χ2n) is 3.87. The number of carbonyl (C=O) groups excluding carboxylic acids is 1. The summed E-state index contributed by atoms with van der Waals surface area (Å²) in [4.78, 5) is 25.6. The Morgan fingerprint density at radius 3 is 2.80 bits per heavy atom. The van der Waals surface area contributed by atoms with Gasteiger partial charge in [-0.1, -0.05) is 11.6 Å². The predicted octanol–water partition coefficient (Wildman–Crippen LogP) is 1.51. The number of aromatic amines is 1. The third kappa shape index (κ3) is 2.67. The number of rotatable bonds is 3. The molecule has 10 heteroatoms. The van der Waals surface area contributed by atoms with Crippen molar-refractivity contribution in [3.63, 3.8) is 0 Å². The van der Waals surface area contributed by atoms with E-state index in [0.29, 0.717) is 11.3 Å². The molecule has 9 nitrogen and oxygen atoms in total. The first-order chi connectivity index (χ1) is 9.38. The largest absolute Gasteiger partial charge is 0.366 e. The highest BCUT2D eigenvalue weighted by Crippen LogP contribution is 2.30. The van der Waals surface area contributed by atoms with E-state index >= 15 is 0 Å². The van der Waals surface area contributed by atoms with E-state index in [1.54, 1.807) is 6.92 Å². The van der Waals surface area contributed by atoms with Crippen molar-refractivity contribution in [3.8, 4) is 0 Å². The Hall–Kier alpha value is -2.68. The average Bonchev–Trinajstić information content (AvgIpc) is 2.79. The monoisotopic (exact) mass is 296 g/mol. The Morgan fingerprint density at radius 1 is 1.55 bits per heavy atom. The molecule has 0 aliphatic heterocycles. The molecule has 0 atom stereocenters. The molecule has 20 heavy (non-hydrogen) atoms. The number of halogens is 1. The van der Waals surface area contributed by atoms with Gasteiger partial charge in [-0.05, 0) is 18.6 Å². The van der Waals surface area contributed by atoms with E-state index in [1.165, 1.54) is 12.1 Å². The van der Waals surface area contributed by atoms with Crippen LogP contribution in [0.15, 0.2) is 12.1 Å². The van der Waals surface area contributed by atoms with Gasteiger partial charge in [-0.3, -0.25) is 20.0 Å². The molecule has 1 amide bonds. The number of aromatic nitrogens is 3. The highest BCUT2D eigenvalue weighted by Gasteiger charge is 2.17. The number of hydrogen-bond donors (Lipinski definition) is 3. The lowest BCUT2D eigenvalue weighted by Gasteiger charge is -2.07. The number of aryl methyl sites for hydroxylation is 1. The van der Waals surface area contributed by atoms with Gasteiger partial charge in [0.25, 0.3) is 11.6 Å². The number of benzene rings is 1. The molecule has 0 aliphatic rings. The fourth-order valence-electron chi connectivity index (χ4n) is 1.50. The van der Waals surface area contributed by atoms with Crippen molar-refractivity contribution in [2.24, 2.45) is 0 Å². The first-order valence-electron chi connectivity index (χ1n) is 5.32. The Morgan fingerprint density at radius 2 is 2.25 bits per heavy atom. The van der Waals surface area contributed by atoms with Gasteiger partial charge in [0, 0.05) is 11.8 Å². The van der Waals surface area contributed by atoms with E-state index in [1.807, 2.05) is 0 Å². The van der Waals surface area contributed by atoms with Gasteiger partial charge in [-0.25, -0.2) is 0 Å². The van der Waals surface area contributed by atoms with Crippen LogP contribution in [0.2, 0.25) is 5.02 Å². The molecule has 0 unspecified atom stereocenters. The van der Waals surface area contributed by atoms with Crippen LogP contribution < -0.4 is 11.1 Å². The zero-order valence-corrected chi connectivity index (χ0v) is 10.9. The van der Waals surface area contributed by atoms with Crippen LogP contribution in [0, 0.1) is 17.0 Å². The SMILES string of the molecule is Cc1cc([N+](=O)[O-])c(Cl)cc1NC(=O)c1nc(N)n[nH]1. The Kier molecular flexibility index (Phi) is 3.53. The predicted molar refractivity (Wildman–Crippen MR) is 71.6 cm³/mol. The van der Waals surface area contributed by atoms with Crippen molar-refractivity contribution in [1.29, 1.82) is 0 Å². The van der Waals surface area contributed by atoms with Gasteiger partial charge in [0.1, 0.15) is 5.02 Å². The van der Waals surface area contributed by atoms with Gasteiger partial charge < -0.3 is 11.1 Å². The molecule has 0 aliphatic carbocycles. The zero-order valence-electron chi connectivity index (χ0n) is 10.2. The minimum absolute atomic E-state index is 0.0615. The second-order valence-corrected chi connectivity index (χ2v) is 4.28. The molecule has 2 aromatic rings. The lowest BCUT2D eigenvalue weighted by Crippen LogP contribution is -2.14. The van der Waals surface area contributed by atoms with Gasteiger partial charge in [-0.2, -0.15) is 4.98 Å². The lowest BCUT2D eigenvalue weighted by atomic mass is 10.1. The normalized spacial score (nSPS) is 10.3. The Balaban J connectivity index is 2.28. The number of nitro benzene ring substituents is 1. The van der Waals surface area contributed by atoms with Crippen LogP contribution in [0.4, 0.5) is 17.3 Å². The maximum absolute atomic E-state index is 11.8. The van der Waals surface area contributed by atoms with Crippen molar-refractivity contribution < 1.29 is 9.72 Å². The van der Waals surface area contributed by atoms with E-state index in [9.17, 15) is 14.9 Å². The van der Waals surface area contributed by atoms with Gasteiger partial charge in [0.15, 0.2) is 0 Å². The van der Waals surface area contributed by atoms with Crippen LogP contribution in [-0.4, -0.2) is 26.0 Å². The molecule has 0 radical (unpaired) electrons. The van der Waals surface area contributed by atoms with Crippen LogP contribution in [0.5, 0.6) is 0 Å². The lowest BCUT2D eigenvalue weighted by molar-refractivity contribution is -0.384. The number of hydrogen-bond acceptors (Lipinski definition) is 6. The van der Waals surface area contributed by atoms with Crippen LogP contribution in [0.3, 0.4) is 0 Å². The smallest absolute Gasteiger partial charge is 0.293 e. The van der Waals surface area contributed by atoms with E-state index in [4.69, 9.17) is 17.3 Å². The maximum atomic E-state index is 11.8. The van der Waals surface area contributed by atoms with Crippen LogP contribution in [0.25, 0.3) is 0 Å². The van der Waals surface area contributed by atoms with Gasteiger partial charge >= 0.3 is 0 Å². The summed E-state index contributed by atoms with van der Waals surface area (Å²) in [7, 11) is 0. The third-order valence-electron chi connectivity index (χ3n) is 2.46. The van der Waals surface area contributed by atoms with Crippen molar-refractivity contribution in [2.45, 2.75) is 6.92 Å². The molecular weight excluding hydrogens is 288 g/mol. The number of nitrogens with one attached hydrogen (secondary N) is 2.